The van der Waals surface area contributed by atoms with Gasteiger partial charge in [-0.15, -0.1) is 0 Å². The van der Waals surface area contributed by atoms with Crippen LogP contribution in [0.5, 0.6) is 11.6 Å². The number of carbonyl (C=O) groups excluding carboxylic acids is 1. The number of amides is 1. The number of fused-ring (bicyclic) bond motifs is 1. The molecule has 0 saturated carbocycles. The summed E-state index contributed by atoms with van der Waals surface area (Å²) in [6.07, 6.45) is 5.02. The highest BCUT2D eigenvalue weighted by molar-refractivity contribution is 5.94. The van der Waals surface area contributed by atoms with Gasteiger partial charge in [0.05, 0.1) is 23.9 Å². The van der Waals surface area contributed by atoms with Crippen LogP contribution in [0.15, 0.2) is 67.1 Å². The number of primary amides is 1. The fourth-order valence-corrected chi connectivity index (χ4v) is 3.06. The van der Waals surface area contributed by atoms with Gasteiger partial charge in [-0.1, -0.05) is 0 Å². The Hall–Kier alpha value is -4.00. The van der Waals surface area contributed by atoms with Gasteiger partial charge in [0, 0.05) is 30.0 Å². The first kappa shape index (κ1) is 18.4. The van der Waals surface area contributed by atoms with Gasteiger partial charge < -0.3 is 15.2 Å². The van der Waals surface area contributed by atoms with Gasteiger partial charge in [0.25, 0.3) is 5.91 Å². The third kappa shape index (κ3) is 3.84. The summed E-state index contributed by atoms with van der Waals surface area (Å²) >= 11 is 0. The van der Waals surface area contributed by atoms with Crippen LogP contribution in [0.4, 0.5) is 0 Å². The molecular formula is C22H18N4O3. The van der Waals surface area contributed by atoms with Crippen LogP contribution in [-0.4, -0.2) is 28.0 Å². The van der Waals surface area contributed by atoms with Crippen molar-refractivity contribution >= 4 is 16.8 Å². The quantitative estimate of drug-likeness (QED) is 0.545. The molecule has 3 heterocycles. The summed E-state index contributed by atoms with van der Waals surface area (Å²) in [5, 5.41) is 0.855. The average Bonchev–Trinajstić information content (AvgIpc) is 2.77. The Morgan fingerprint density at radius 2 is 1.79 bits per heavy atom. The first-order chi connectivity index (χ1) is 14.2. The Balaban J connectivity index is 1.74. The molecule has 7 nitrogen and oxygen atoms in total. The van der Waals surface area contributed by atoms with E-state index in [1.54, 1.807) is 37.8 Å². The van der Waals surface area contributed by atoms with Gasteiger partial charge in [-0.3, -0.25) is 14.8 Å². The maximum Gasteiger partial charge on any atom is 0.250 e. The van der Waals surface area contributed by atoms with Crippen molar-refractivity contribution in [2.24, 2.45) is 5.73 Å². The highest BCUT2D eigenvalue weighted by Crippen LogP contribution is 2.33. The first-order valence-electron chi connectivity index (χ1n) is 8.91. The zero-order valence-electron chi connectivity index (χ0n) is 15.7. The summed E-state index contributed by atoms with van der Waals surface area (Å²) in [5.74, 6) is 0.606. The number of rotatable bonds is 6. The fraction of sp³-hybridized carbons (Fsp3) is 0.0909. The molecule has 0 saturated heterocycles. The molecule has 0 atom stereocenters. The lowest BCUT2D eigenvalue weighted by Gasteiger charge is -2.13. The maximum absolute atomic E-state index is 11.6. The molecule has 1 amide bonds. The van der Waals surface area contributed by atoms with E-state index in [4.69, 9.17) is 15.2 Å². The molecule has 0 unspecified atom stereocenters. The van der Waals surface area contributed by atoms with E-state index < -0.39 is 5.91 Å². The van der Waals surface area contributed by atoms with Crippen molar-refractivity contribution < 1.29 is 14.3 Å². The lowest BCUT2D eigenvalue weighted by Crippen LogP contribution is -2.15. The molecule has 0 aliphatic carbocycles. The normalized spacial score (nSPS) is 10.7. The number of benzene rings is 1. The van der Waals surface area contributed by atoms with Crippen LogP contribution in [0.3, 0.4) is 0 Å². The summed E-state index contributed by atoms with van der Waals surface area (Å²) in [4.78, 5) is 24.5. The minimum Gasteiger partial charge on any atom is -0.487 e. The lowest BCUT2D eigenvalue weighted by atomic mass is 10.0. The Labute approximate surface area is 167 Å². The fourth-order valence-electron chi connectivity index (χ4n) is 3.06. The molecule has 0 spiro atoms. The Bertz CT molecular complexity index is 1190. The van der Waals surface area contributed by atoms with Gasteiger partial charge in [-0.25, -0.2) is 4.98 Å². The second-order valence-corrected chi connectivity index (χ2v) is 6.28. The Morgan fingerprint density at radius 3 is 2.62 bits per heavy atom. The topological polar surface area (TPSA) is 100 Å². The first-order valence-corrected chi connectivity index (χ1v) is 8.91. The zero-order valence-corrected chi connectivity index (χ0v) is 15.7. The lowest BCUT2D eigenvalue weighted by molar-refractivity contribution is 0.0997. The van der Waals surface area contributed by atoms with Gasteiger partial charge in [0.15, 0.2) is 0 Å². The standard InChI is InChI=1S/C22H18N4O3/c1-28-21-12-14(6-9-26-21)15-10-18-16(4-2-7-24-18)20(11-15)29-13-19-17(22(23)27)5-3-8-25-19/h2-12H,13H2,1H3,(H2,23,27). The minimum absolute atomic E-state index is 0.103. The van der Waals surface area contributed by atoms with Crippen molar-refractivity contribution in [2.45, 2.75) is 6.61 Å². The number of methoxy groups -OCH3 is 1. The second kappa shape index (κ2) is 7.93. The maximum atomic E-state index is 11.6. The van der Waals surface area contributed by atoms with Crippen LogP contribution in [0.2, 0.25) is 0 Å². The SMILES string of the molecule is COc1cc(-c2cc(OCc3ncccc3C(N)=O)c3cccnc3c2)ccn1. The van der Waals surface area contributed by atoms with E-state index in [9.17, 15) is 4.79 Å². The summed E-state index contributed by atoms with van der Waals surface area (Å²) in [6, 6.07) is 14.7. The smallest absolute Gasteiger partial charge is 0.250 e. The van der Waals surface area contributed by atoms with E-state index in [1.807, 2.05) is 36.4 Å². The number of ether oxygens (including phenoxy) is 2. The van der Waals surface area contributed by atoms with Crippen molar-refractivity contribution in [3.63, 3.8) is 0 Å². The molecule has 0 aliphatic heterocycles. The number of nitrogens with zero attached hydrogens (tertiary/aromatic N) is 3. The second-order valence-electron chi connectivity index (χ2n) is 6.28. The molecule has 4 aromatic rings. The molecule has 0 aliphatic rings. The van der Waals surface area contributed by atoms with Crippen molar-refractivity contribution in [3.8, 4) is 22.8 Å². The molecule has 29 heavy (non-hydrogen) atoms. The predicted octanol–water partition coefficient (Wildman–Crippen LogP) is 3.38. The number of nitrogens with two attached hydrogens (primary N) is 1. The van der Waals surface area contributed by atoms with Crippen molar-refractivity contribution in [3.05, 3.63) is 78.4 Å². The monoisotopic (exact) mass is 386 g/mol. The number of carbonyl (C=O) groups is 1. The van der Waals surface area contributed by atoms with Crippen molar-refractivity contribution in [1.29, 1.82) is 0 Å². The van der Waals surface area contributed by atoms with Crippen LogP contribution >= 0.6 is 0 Å². The van der Waals surface area contributed by atoms with Gasteiger partial charge in [0.2, 0.25) is 5.88 Å². The minimum atomic E-state index is -0.541. The molecular weight excluding hydrogens is 368 g/mol. The molecule has 4 rings (SSSR count). The number of hydrogen-bond acceptors (Lipinski definition) is 6. The molecule has 144 valence electrons. The molecule has 0 fully saturated rings. The third-order valence-corrected chi connectivity index (χ3v) is 4.48. The predicted molar refractivity (Wildman–Crippen MR) is 109 cm³/mol. The molecule has 0 bridgehead atoms. The summed E-state index contributed by atoms with van der Waals surface area (Å²) < 4.78 is 11.3. The third-order valence-electron chi connectivity index (χ3n) is 4.48. The van der Waals surface area contributed by atoms with E-state index in [1.165, 1.54) is 0 Å². The van der Waals surface area contributed by atoms with Crippen molar-refractivity contribution in [2.75, 3.05) is 7.11 Å². The van der Waals surface area contributed by atoms with E-state index in [0.717, 1.165) is 22.0 Å². The molecule has 0 radical (unpaired) electrons. The summed E-state index contributed by atoms with van der Waals surface area (Å²) in [6.45, 7) is 0.103. The van der Waals surface area contributed by atoms with Gasteiger partial charge in [0.1, 0.15) is 12.4 Å². The highest BCUT2D eigenvalue weighted by atomic mass is 16.5. The van der Waals surface area contributed by atoms with Crippen LogP contribution in [0.25, 0.3) is 22.0 Å². The highest BCUT2D eigenvalue weighted by Gasteiger charge is 2.12. The number of pyridine rings is 3. The average molecular weight is 386 g/mol. The van der Waals surface area contributed by atoms with E-state index in [2.05, 4.69) is 15.0 Å². The van der Waals surface area contributed by atoms with Gasteiger partial charge in [-0.2, -0.15) is 0 Å². The van der Waals surface area contributed by atoms with Crippen molar-refractivity contribution in [1.82, 2.24) is 15.0 Å². The zero-order chi connectivity index (χ0) is 20.2. The largest absolute Gasteiger partial charge is 0.487 e. The number of aromatic nitrogens is 3. The van der Waals surface area contributed by atoms with Crippen LogP contribution in [0, 0.1) is 0 Å². The van der Waals surface area contributed by atoms with E-state index >= 15 is 0 Å². The Morgan fingerprint density at radius 1 is 0.966 bits per heavy atom. The Kier molecular flexibility index (Phi) is 5.03. The summed E-state index contributed by atoms with van der Waals surface area (Å²) in [7, 11) is 1.58. The van der Waals surface area contributed by atoms with Crippen LogP contribution in [-0.2, 0) is 6.61 Å². The molecule has 3 aromatic heterocycles. The van der Waals surface area contributed by atoms with Crippen LogP contribution < -0.4 is 15.2 Å². The van der Waals surface area contributed by atoms with Crippen LogP contribution in [0.1, 0.15) is 16.1 Å². The molecule has 2 N–H and O–H groups in total. The molecule has 7 heteroatoms. The van der Waals surface area contributed by atoms with Gasteiger partial charge >= 0.3 is 0 Å². The summed E-state index contributed by atoms with van der Waals surface area (Å²) in [5.41, 5.74) is 8.87. The molecule has 1 aromatic carbocycles. The van der Waals surface area contributed by atoms with E-state index in [0.29, 0.717) is 22.9 Å². The van der Waals surface area contributed by atoms with Gasteiger partial charge in [-0.05, 0) is 53.6 Å². The van der Waals surface area contributed by atoms with E-state index in [-0.39, 0.29) is 6.61 Å². The number of hydrogen-bond donors (Lipinski definition) is 1.